The number of halogens is 1. The van der Waals surface area contributed by atoms with Crippen LogP contribution in [0.4, 0.5) is 4.39 Å². The van der Waals surface area contributed by atoms with Crippen LogP contribution < -0.4 is 5.32 Å². The Morgan fingerprint density at radius 1 is 1.41 bits per heavy atom. The minimum atomic E-state index is -0.672. The van der Waals surface area contributed by atoms with Gasteiger partial charge in [-0.15, -0.1) is 5.10 Å². The zero-order valence-electron chi connectivity index (χ0n) is 12.4. The van der Waals surface area contributed by atoms with Gasteiger partial charge < -0.3 is 10.4 Å². The van der Waals surface area contributed by atoms with E-state index in [4.69, 9.17) is 5.11 Å². The minimum Gasteiger partial charge on any atom is -0.394 e. The van der Waals surface area contributed by atoms with Crippen molar-refractivity contribution in [2.75, 3.05) is 6.61 Å². The molecule has 7 nitrogen and oxygen atoms in total. The van der Waals surface area contributed by atoms with Gasteiger partial charge in [0.2, 0.25) is 5.91 Å². The highest BCUT2D eigenvalue weighted by molar-refractivity contribution is 5.80. The molecule has 0 saturated carbocycles. The Kier molecular flexibility index (Phi) is 5.16. The van der Waals surface area contributed by atoms with E-state index in [-0.39, 0.29) is 24.4 Å². The van der Waals surface area contributed by atoms with Gasteiger partial charge in [0.05, 0.1) is 6.61 Å². The second kappa shape index (κ2) is 7.08. The summed E-state index contributed by atoms with van der Waals surface area (Å²) >= 11 is 0. The van der Waals surface area contributed by atoms with E-state index in [0.29, 0.717) is 12.2 Å². The number of aliphatic hydroxyl groups is 1. The van der Waals surface area contributed by atoms with Crippen molar-refractivity contribution in [1.82, 2.24) is 25.5 Å². The third kappa shape index (κ3) is 3.85. The summed E-state index contributed by atoms with van der Waals surface area (Å²) in [6, 6.07) is 4.87. The van der Waals surface area contributed by atoms with Crippen LogP contribution in [0.15, 0.2) is 24.3 Å². The average Bonchev–Trinajstić information content (AvgIpc) is 2.92. The van der Waals surface area contributed by atoms with Crippen molar-refractivity contribution in [1.29, 1.82) is 0 Å². The Morgan fingerprint density at radius 3 is 2.64 bits per heavy atom. The summed E-state index contributed by atoms with van der Waals surface area (Å²) in [6.07, 6.45) is 0.316. The van der Waals surface area contributed by atoms with Crippen LogP contribution in [0.2, 0.25) is 0 Å². The topological polar surface area (TPSA) is 92.9 Å². The maximum Gasteiger partial charge on any atom is 0.245 e. The summed E-state index contributed by atoms with van der Waals surface area (Å²) in [4.78, 5) is 12.4. The molecule has 2 N–H and O–H groups in total. The fourth-order valence-corrected chi connectivity index (χ4v) is 2.04. The van der Waals surface area contributed by atoms with Crippen LogP contribution in [0.25, 0.3) is 0 Å². The lowest BCUT2D eigenvalue weighted by Crippen LogP contribution is -2.41. The second-order valence-electron chi connectivity index (χ2n) is 5.11. The van der Waals surface area contributed by atoms with Crippen molar-refractivity contribution in [2.24, 2.45) is 0 Å². The van der Waals surface area contributed by atoms with Gasteiger partial charge in [-0.05, 0) is 42.0 Å². The first kappa shape index (κ1) is 16.0. The minimum absolute atomic E-state index is 0.163. The molecule has 8 heteroatoms. The van der Waals surface area contributed by atoms with Crippen molar-refractivity contribution in [3.8, 4) is 0 Å². The molecule has 0 aliphatic carbocycles. The van der Waals surface area contributed by atoms with Gasteiger partial charge in [-0.2, -0.15) is 0 Å². The average molecular weight is 307 g/mol. The van der Waals surface area contributed by atoms with E-state index in [1.807, 2.05) is 0 Å². The van der Waals surface area contributed by atoms with Gasteiger partial charge in [-0.1, -0.05) is 12.1 Å². The summed E-state index contributed by atoms with van der Waals surface area (Å²) < 4.78 is 14.4. The zero-order chi connectivity index (χ0) is 16.1. The molecule has 1 aromatic heterocycles. The summed E-state index contributed by atoms with van der Waals surface area (Å²) in [7, 11) is 0. The molecule has 1 heterocycles. The standard InChI is InChI=1S/C14H18FN5O2/c1-9(8-21)16-14(22)13(20-10(2)17-18-19-20)7-11-3-5-12(15)6-4-11/h3-6,9,13,21H,7-8H2,1-2H3,(H,16,22). The van der Waals surface area contributed by atoms with Crippen molar-refractivity contribution < 1.29 is 14.3 Å². The van der Waals surface area contributed by atoms with Crippen molar-refractivity contribution in [2.45, 2.75) is 32.4 Å². The third-order valence-electron chi connectivity index (χ3n) is 3.26. The Bertz CT molecular complexity index is 628. The Hall–Kier alpha value is -2.35. The number of nitrogens with zero attached hydrogens (tertiary/aromatic N) is 4. The van der Waals surface area contributed by atoms with Gasteiger partial charge in [0.1, 0.15) is 17.7 Å². The van der Waals surface area contributed by atoms with E-state index < -0.39 is 6.04 Å². The van der Waals surface area contributed by atoms with E-state index >= 15 is 0 Å². The molecule has 0 aliphatic heterocycles. The molecule has 0 fully saturated rings. The van der Waals surface area contributed by atoms with Crippen molar-refractivity contribution in [3.05, 3.63) is 41.5 Å². The van der Waals surface area contributed by atoms with Crippen LogP contribution in [0, 0.1) is 12.7 Å². The Balaban J connectivity index is 2.23. The highest BCUT2D eigenvalue weighted by Gasteiger charge is 2.25. The number of hydrogen-bond acceptors (Lipinski definition) is 5. The maximum atomic E-state index is 13.0. The van der Waals surface area contributed by atoms with Gasteiger partial charge in [0.15, 0.2) is 0 Å². The molecule has 2 unspecified atom stereocenters. The molecule has 1 aromatic carbocycles. The molecule has 1 amide bonds. The van der Waals surface area contributed by atoms with Gasteiger partial charge in [0.25, 0.3) is 0 Å². The fraction of sp³-hybridized carbons (Fsp3) is 0.429. The first-order valence-corrected chi connectivity index (χ1v) is 6.91. The Labute approximate surface area is 127 Å². The van der Waals surface area contributed by atoms with Crippen LogP contribution in [0.1, 0.15) is 24.4 Å². The number of carbonyl (C=O) groups is 1. The molecular formula is C14H18FN5O2. The SMILES string of the molecule is Cc1nnnn1C(Cc1ccc(F)cc1)C(=O)NC(C)CO. The molecule has 0 aliphatic rings. The number of hydrogen-bond donors (Lipinski definition) is 2. The van der Waals surface area contributed by atoms with Gasteiger partial charge in [0, 0.05) is 12.5 Å². The fourth-order valence-electron chi connectivity index (χ4n) is 2.04. The van der Waals surface area contributed by atoms with E-state index in [1.54, 1.807) is 26.0 Å². The third-order valence-corrected chi connectivity index (χ3v) is 3.26. The summed E-state index contributed by atoms with van der Waals surface area (Å²) in [5, 5.41) is 22.9. The smallest absolute Gasteiger partial charge is 0.245 e. The lowest BCUT2D eigenvalue weighted by atomic mass is 10.0. The zero-order valence-corrected chi connectivity index (χ0v) is 12.4. The number of rotatable bonds is 6. The predicted octanol–water partition coefficient (Wildman–Crippen LogP) is 0.401. The van der Waals surface area contributed by atoms with E-state index in [0.717, 1.165) is 5.56 Å². The van der Waals surface area contributed by atoms with Crippen molar-refractivity contribution in [3.63, 3.8) is 0 Å². The van der Waals surface area contributed by atoms with E-state index in [9.17, 15) is 9.18 Å². The first-order valence-electron chi connectivity index (χ1n) is 6.91. The van der Waals surface area contributed by atoms with Crippen LogP contribution in [-0.2, 0) is 11.2 Å². The summed E-state index contributed by atoms with van der Waals surface area (Å²) in [5.41, 5.74) is 0.785. The maximum absolute atomic E-state index is 13.0. The van der Waals surface area contributed by atoms with E-state index in [1.165, 1.54) is 16.8 Å². The highest BCUT2D eigenvalue weighted by atomic mass is 19.1. The summed E-state index contributed by atoms with van der Waals surface area (Å²) in [5.74, 6) is -0.141. The molecule has 118 valence electrons. The quantitative estimate of drug-likeness (QED) is 0.806. The molecule has 2 atom stereocenters. The second-order valence-corrected chi connectivity index (χ2v) is 5.11. The molecule has 0 radical (unpaired) electrons. The lowest BCUT2D eigenvalue weighted by molar-refractivity contribution is -0.125. The number of nitrogens with one attached hydrogen (secondary N) is 1. The molecule has 0 spiro atoms. The number of aryl methyl sites for hydroxylation is 1. The van der Waals surface area contributed by atoms with Crippen molar-refractivity contribution >= 4 is 5.91 Å². The largest absolute Gasteiger partial charge is 0.394 e. The molecular weight excluding hydrogens is 289 g/mol. The van der Waals surface area contributed by atoms with Gasteiger partial charge in [-0.25, -0.2) is 9.07 Å². The number of benzene rings is 1. The monoisotopic (exact) mass is 307 g/mol. The molecule has 0 bridgehead atoms. The number of amides is 1. The highest BCUT2D eigenvalue weighted by Crippen LogP contribution is 2.16. The number of aromatic nitrogens is 4. The Morgan fingerprint density at radius 2 is 2.09 bits per heavy atom. The van der Waals surface area contributed by atoms with Crippen LogP contribution in [0.5, 0.6) is 0 Å². The lowest BCUT2D eigenvalue weighted by Gasteiger charge is -2.20. The van der Waals surface area contributed by atoms with Crippen LogP contribution >= 0.6 is 0 Å². The van der Waals surface area contributed by atoms with E-state index in [2.05, 4.69) is 20.8 Å². The molecule has 2 aromatic rings. The molecule has 2 rings (SSSR count). The van der Waals surface area contributed by atoms with Gasteiger partial charge >= 0.3 is 0 Å². The number of aliphatic hydroxyl groups excluding tert-OH is 1. The predicted molar refractivity (Wildman–Crippen MR) is 76.4 cm³/mol. The summed E-state index contributed by atoms with van der Waals surface area (Å²) in [6.45, 7) is 3.23. The molecule has 0 saturated heterocycles. The first-order chi connectivity index (χ1) is 10.5. The van der Waals surface area contributed by atoms with Gasteiger partial charge in [-0.3, -0.25) is 4.79 Å². The number of carbonyl (C=O) groups excluding carboxylic acids is 1. The number of tetrazole rings is 1. The van der Waals surface area contributed by atoms with Crippen LogP contribution in [-0.4, -0.2) is 43.9 Å². The molecule has 22 heavy (non-hydrogen) atoms. The van der Waals surface area contributed by atoms with Crippen LogP contribution in [0.3, 0.4) is 0 Å². The normalized spacial score (nSPS) is 13.6.